The Bertz CT molecular complexity index is 481. The summed E-state index contributed by atoms with van der Waals surface area (Å²) in [5.41, 5.74) is 6.84. The van der Waals surface area contributed by atoms with Crippen LogP contribution in [0.2, 0.25) is 5.02 Å². The molecule has 15 heavy (non-hydrogen) atoms. The van der Waals surface area contributed by atoms with E-state index in [0.29, 0.717) is 12.5 Å². The number of rotatable bonds is 2. The first-order valence-corrected chi connectivity index (χ1v) is 5.83. The van der Waals surface area contributed by atoms with Crippen molar-refractivity contribution in [2.45, 2.75) is 6.54 Å². The molecule has 0 saturated heterocycles. The number of halogens is 2. The first kappa shape index (κ1) is 10.8. The maximum atomic E-state index is 5.94. The standard InChI is InChI=1S/C10H9ClIN3/c11-8-1-2-9(12)7(5-8)6-15-4-3-14-10(15)13/h1-5H,6H2,(H2,13,14). The van der Waals surface area contributed by atoms with Crippen molar-refractivity contribution in [1.82, 2.24) is 9.55 Å². The molecular formula is C10H9ClIN3. The van der Waals surface area contributed by atoms with Crippen molar-refractivity contribution in [1.29, 1.82) is 0 Å². The van der Waals surface area contributed by atoms with Crippen LogP contribution in [0.4, 0.5) is 5.95 Å². The van der Waals surface area contributed by atoms with Crippen LogP contribution in [0.5, 0.6) is 0 Å². The highest BCUT2D eigenvalue weighted by molar-refractivity contribution is 14.1. The molecule has 1 heterocycles. The summed E-state index contributed by atoms with van der Waals surface area (Å²) in [6.45, 7) is 0.699. The molecule has 78 valence electrons. The normalized spacial score (nSPS) is 10.5. The van der Waals surface area contributed by atoms with Crippen molar-refractivity contribution in [3.8, 4) is 0 Å². The third kappa shape index (κ3) is 2.43. The van der Waals surface area contributed by atoms with Gasteiger partial charge >= 0.3 is 0 Å². The molecule has 0 saturated carbocycles. The van der Waals surface area contributed by atoms with Crippen LogP contribution in [0.3, 0.4) is 0 Å². The van der Waals surface area contributed by atoms with Gasteiger partial charge in [0.25, 0.3) is 0 Å². The van der Waals surface area contributed by atoms with Gasteiger partial charge in [-0.3, -0.25) is 0 Å². The van der Waals surface area contributed by atoms with E-state index in [1.807, 2.05) is 29.0 Å². The van der Waals surface area contributed by atoms with E-state index < -0.39 is 0 Å². The van der Waals surface area contributed by atoms with E-state index in [4.69, 9.17) is 17.3 Å². The van der Waals surface area contributed by atoms with Crippen LogP contribution in [-0.2, 0) is 6.54 Å². The second-order valence-corrected chi connectivity index (χ2v) is 4.75. The van der Waals surface area contributed by atoms with Gasteiger partial charge in [0, 0.05) is 21.0 Å². The maximum Gasteiger partial charge on any atom is 0.200 e. The summed E-state index contributed by atoms with van der Waals surface area (Å²) in [5, 5.41) is 0.740. The number of imidazole rings is 1. The molecule has 0 bridgehead atoms. The summed E-state index contributed by atoms with van der Waals surface area (Å²) in [5.74, 6) is 0.519. The molecule has 1 aromatic carbocycles. The number of nitrogens with zero attached hydrogens (tertiary/aromatic N) is 2. The minimum absolute atomic E-state index is 0.519. The Balaban J connectivity index is 2.32. The molecule has 2 aromatic rings. The molecule has 0 aliphatic rings. The molecule has 0 radical (unpaired) electrons. The fraction of sp³-hybridized carbons (Fsp3) is 0.100. The quantitative estimate of drug-likeness (QED) is 0.859. The predicted molar refractivity (Wildman–Crippen MR) is 69.9 cm³/mol. The number of hydrogen-bond acceptors (Lipinski definition) is 2. The van der Waals surface area contributed by atoms with Gasteiger partial charge in [-0.25, -0.2) is 4.98 Å². The Hall–Kier alpha value is -0.750. The molecule has 0 aliphatic heterocycles. The predicted octanol–water partition coefficient (Wildman–Crippen LogP) is 2.77. The van der Waals surface area contributed by atoms with Gasteiger partial charge in [0.15, 0.2) is 5.95 Å². The lowest BCUT2D eigenvalue weighted by molar-refractivity contribution is 0.807. The second kappa shape index (κ2) is 4.40. The van der Waals surface area contributed by atoms with Crippen molar-refractivity contribution in [2.24, 2.45) is 0 Å². The number of aromatic nitrogens is 2. The highest BCUT2D eigenvalue weighted by Crippen LogP contribution is 2.19. The molecule has 5 heteroatoms. The average molecular weight is 334 g/mol. The van der Waals surface area contributed by atoms with E-state index in [9.17, 15) is 0 Å². The van der Waals surface area contributed by atoms with Crippen molar-refractivity contribution in [3.63, 3.8) is 0 Å². The lowest BCUT2D eigenvalue weighted by atomic mass is 10.2. The van der Waals surface area contributed by atoms with E-state index in [-0.39, 0.29) is 0 Å². The Kier molecular flexibility index (Phi) is 3.16. The van der Waals surface area contributed by atoms with Crippen molar-refractivity contribution >= 4 is 40.1 Å². The minimum atomic E-state index is 0.519. The number of benzene rings is 1. The SMILES string of the molecule is Nc1nccn1Cc1cc(Cl)ccc1I. The van der Waals surface area contributed by atoms with E-state index >= 15 is 0 Å². The number of nitrogens with two attached hydrogens (primary N) is 1. The molecule has 0 aliphatic carbocycles. The second-order valence-electron chi connectivity index (χ2n) is 3.15. The summed E-state index contributed by atoms with van der Waals surface area (Å²) >= 11 is 8.22. The van der Waals surface area contributed by atoms with Crippen molar-refractivity contribution < 1.29 is 0 Å². The first-order chi connectivity index (χ1) is 7.16. The van der Waals surface area contributed by atoms with E-state index in [1.165, 1.54) is 3.57 Å². The summed E-state index contributed by atoms with van der Waals surface area (Å²) in [6, 6.07) is 5.82. The summed E-state index contributed by atoms with van der Waals surface area (Å²) in [4.78, 5) is 3.97. The smallest absolute Gasteiger partial charge is 0.200 e. The number of hydrogen-bond donors (Lipinski definition) is 1. The van der Waals surface area contributed by atoms with Crippen LogP contribution < -0.4 is 5.73 Å². The molecule has 2 rings (SSSR count). The van der Waals surface area contributed by atoms with Gasteiger partial charge in [-0.05, 0) is 46.4 Å². The molecule has 2 N–H and O–H groups in total. The van der Waals surface area contributed by atoms with Gasteiger partial charge in [0.05, 0.1) is 6.54 Å². The molecule has 0 spiro atoms. The molecule has 0 unspecified atom stereocenters. The highest BCUT2D eigenvalue weighted by Gasteiger charge is 2.03. The fourth-order valence-corrected chi connectivity index (χ4v) is 2.02. The first-order valence-electron chi connectivity index (χ1n) is 4.37. The molecular weight excluding hydrogens is 324 g/mol. The summed E-state index contributed by atoms with van der Waals surface area (Å²) in [7, 11) is 0. The number of nitrogen functional groups attached to an aromatic ring is 1. The Labute approximate surface area is 106 Å². The zero-order valence-electron chi connectivity index (χ0n) is 7.82. The van der Waals surface area contributed by atoms with Crippen LogP contribution in [0.1, 0.15) is 5.56 Å². The fourth-order valence-electron chi connectivity index (χ4n) is 1.32. The molecule has 0 fully saturated rings. The van der Waals surface area contributed by atoms with Crippen LogP contribution in [0, 0.1) is 3.57 Å². The lowest BCUT2D eigenvalue weighted by Gasteiger charge is -2.07. The van der Waals surface area contributed by atoms with E-state index in [2.05, 4.69) is 27.6 Å². The van der Waals surface area contributed by atoms with Crippen LogP contribution in [-0.4, -0.2) is 9.55 Å². The zero-order valence-corrected chi connectivity index (χ0v) is 10.7. The van der Waals surface area contributed by atoms with E-state index in [1.54, 1.807) is 6.20 Å². The van der Waals surface area contributed by atoms with E-state index in [0.717, 1.165) is 10.6 Å². The van der Waals surface area contributed by atoms with Crippen LogP contribution in [0.15, 0.2) is 30.6 Å². The lowest BCUT2D eigenvalue weighted by Crippen LogP contribution is -2.04. The van der Waals surface area contributed by atoms with Crippen LogP contribution >= 0.6 is 34.2 Å². The minimum Gasteiger partial charge on any atom is -0.369 e. The van der Waals surface area contributed by atoms with Gasteiger partial charge < -0.3 is 10.3 Å². The maximum absolute atomic E-state index is 5.94. The van der Waals surface area contributed by atoms with Gasteiger partial charge in [0.1, 0.15) is 0 Å². The third-order valence-corrected chi connectivity index (χ3v) is 3.38. The zero-order chi connectivity index (χ0) is 10.8. The van der Waals surface area contributed by atoms with Crippen molar-refractivity contribution in [3.05, 3.63) is 44.7 Å². The van der Waals surface area contributed by atoms with Crippen LogP contribution in [0.25, 0.3) is 0 Å². The van der Waals surface area contributed by atoms with Gasteiger partial charge in [-0.2, -0.15) is 0 Å². The molecule has 0 atom stereocenters. The van der Waals surface area contributed by atoms with Gasteiger partial charge in [-0.1, -0.05) is 11.6 Å². The van der Waals surface area contributed by atoms with Crippen molar-refractivity contribution in [2.75, 3.05) is 5.73 Å². The molecule has 3 nitrogen and oxygen atoms in total. The highest BCUT2D eigenvalue weighted by atomic mass is 127. The van der Waals surface area contributed by atoms with Gasteiger partial charge in [0.2, 0.25) is 0 Å². The Morgan fingerprint density at radius 2 is 2.27 bits per heavy atom. The number of anilines is 1. The molecule has 1 aromatic heterocycles. The third-order valence-electron chi connectivity index (χ3n) is 2.10. The summed E-state index contributed by atoms with van der Waals surface area (Å²) < 4.78 is 3.05. The topological polar surface area (TPSA) is 43.8 Å². The van der Waals surface area contributed by atoms with Gasteiger partial charge in [-0.15, -0.1) is 0 Å². The average Bonchev–Trinajstić information content (AvgIpc) is 2.58. The largest absolute Gasteiger partial charge is 0.369 e. The Morgan fingerprint density at radius 3 is 2.93 bits per heavy atom. The molecule has 0 amide bonds. The monoisotopic (exact) mass is 333 g/mol. The Morgan fingerprint density at radius 1 is 1.47 bits per heavy atom. The summed E-state index contributed by atoms with van der Waals surface area (Å²) in [6.07, 6.45) is 3.54.